The predicted octanol–water partition coefficient (Wildman–Crippen LogP) is 1.60. The number of aromatic nitrogens is 2. The van der Waals surface area contributed by atoms with Gasteiger partial charge in [-0.25, -0.2) is 4.98 Å². The van der Waals surface area contributed by atoms with Gasteiger partial charge in [-0.2, -0.15) is 0 Å². The molecule has 1 fully saturated rings. The number of hydrogen-bond acceptors (Lipinski definition) is 5. The molecule has 6 nitrogen and oxygen atoms in total. The van der Waals surface area contributed by atoms with Crippen molar-refractivity contribution in [1.29, 1.82) is 0 Å². The number of benzene rings is 1. The Balaban J connectivity index is 1.71. The summed E-state index contributed by atoms with van der Waals surface area (Å²) in [5.41, 5.74) is 2.71. The maximum atomic E-state index is 12.7. The summed E-state index contributed by atoms with van der Waals surface area (Å²) in [5.74, 6) is -0.221. The highest BCUT2D eigenvalue weighted by molar-refractivity contribution is 5.92. The number of piperidine rings is 1. The van der Waals surface area contributed by atoms with Gasteiger partial charge in [-0.05, 0) is 37.1 Å². The van der Waals surface area contributed by atoms with Crippen LogP contribution in [0.15, 0.2) is 42.9 Å². The lowest BCUT2D eigenvalue weighted by atomic mass is 9.72. The molecule has 1 aliphatic carbocycles. The summed E-state index contributed by atoms with van der Waals surface area (Å²) in [5, 5.41) is 6.57. The Morgan fingerprint density at radius 3 is 2.80 bits per heavy atom. The molecule has 2 heterocycles. The predicted molar refractivity (Wildman–Crippen MR) is 93.3 cm³/mol. The van der Waals surface area contributed by atoms with Gasteiger partial charge in [0.15, 0.2) is 0 Å². The molecule has 0 radical (unpaired) electrons. The van der Waals surface area contributed by atoms with Crippen LogP contribution in [0.2, 0.25) is 0 Å². The van der Waals surface area contributed by atoms with E-state index in [1.807, 2.05) is 6.07 Å². The summed E-state index contributed by atoms with van der Waals surface area (Å²) in [6.45, 7) is 1.91. The van der Waals surface area contributed by atoms with Crippen molar-refractivity contribution < 1.29 is 9.53 Å². The quantitative estimate of drug-likeness (QED) is 0.889. The van der Waals surface area contributed by atoms with E-state index in [4.69, 9.17) is 4.74 Å². The van der Waals surface area contributed by atoms with Crippen LogP contribution in [-0.2, 0) is 10.2 Å². The number of nitrogens with one attached hydrogen (secondary N) is 2. The average Bonchev–Trinajstić information content (AvgIpc) is 2.92. The van der Waals surface area contributed by atoms with Crippen molar-refractivity contribution in [3.05, 3.63) is 59.7 Å². The van der Waals surface area contributed by atoms with E-state index in [1.165, 1.54) is 18.0 Å². The van der Waals surface area contributed by atoms with Crippen molar-refractivity contribution >= 4 is 5.91 Å². The van der Waals surface area contributed by atoms with Crippen molar-refractivity contribution in [3.8, 4) is 0 Å². The summed E-state index contributed by atoms with van der Waals surface area (Å²) in [4.78, 5) is 20.8. The van der Waals surface area contributed by atoms with Crippen LogP contribution in [0.25, 0.3) is 0 Å². The van der Waals surface area contributed by atoms with E-state index >= 15 is 0 Å². The molecular weight excluding hydrogens is 316 g/mol. The molecule has 0 saturated carbocycles. The highest BCUT2D eigenvalue weighted by Gasteiger charge is 2.53. The third kappa shape index (κ3) is 2.62. The minimum absolute atomic E-state index is 0.0586. The maximum absolute atomic E-state index is 12.7. The standard InChI is InChI=1S/C19H22N4O2/c1-25-17-16(23-18(24)15-12-21-10-11-22-15)13-4-2-3-5-14(13)19(17)6-8-20-9-7-19/h2-5,10-12,16-17,20H,6-9H2,1H3,(H,23,24)/t16-,17+/m1/s1. The van der Waals surface area contributed by atoms with Crippen molar-refractivity contribution in [3.63, 3.8) is 0 Å². The zero-order valence-corrected chi connectivity index (χ0v) is 14.2. The number of carbonyl (C=O) groups excluding carboxylic acids is 1. The Labute approximate surface area is 147 Å². The van der Waals surface area contributed by atoms with E-state index in [-0.39, 0.29) is 23.5 Å². The lowest BCUT2D eigenvalue weighted by molar-refractivity contribution is 0.00391. The smallest absolute Gasteiger partial charge is 0.272 e. The summed E-state index contributed by atoms with van der Waals surface area (Å²) in [7, 11) is 1.74. The number of nitrogens with zero attached hydrogens (tertiary/aromatic N) is 2. The first kappa shape index (κ1) is 16.2. The monoisotopic (exact) mass is 338 g/mol. The molecule has 2 aliphatic rings. The van der Waals surface area contributed by atoms with Gasteiger partial charge in [-0.1, -0.05) is 24.3 Å². The normalized spacial score (nSPS) is 24.0. The van der Waals surface area contributed by atoms with Crippen molar-refractivity contribution in [2.45, 2.75) is 30.4 Å². The van der Waals surface area contributed by atoms with Crippen LogP contribution >= 0.6 is 0 Å². The van der Waals surface area contributed by atoms with Gasteiger partial charge in [0.1, 0.15) is 5.69 Å². The Morgan fingerprint density at radius 2 is 2.08 bits per heavy atom. The molecule has 0 unspecified atom stereocenters. The Morgan fingerprint density at radius 1 is 1.28 bits per heavy atom. The number of amides is 1. The van der Waals surface area contributed by atoms with Crippen molar-refractivity contribution in [1.82, 2.24) is 20.6 Å². The second-order valence-corrected chi connectivity index (χ2v) is 6.69. The van der Waals surface area contributed by atoms with Crippen LogP contribution < -0.4 is 10.6 Å². The van der Waals surface area contributed by atoms with Crippen molar-refractivity contribution in [2.75, 3.05) is 20.2 Å². The first-order valence-corrected chi connectivity index (χ1v) is 8.66. The summed E-state index contributed by atoms with van der Waals surface area (Å²) in [6, 6.07) is 8.18. The molecule has 1 saturated heterocycles. The molecule has 1 aliphatic heterocycles. The fourth-order valence-corrected chi connectivity index (χ4v) is 4.43. The molecule has 130 valence electrons. The van der Waals surface area contributed by atoms with Crippen LogP contribution in [0.5, 0.6) is 0 Å². The second-order valence-electron chi connectivity index (χ2n) is 6.69. The highest BCUT2D eigenvalue weighted by Crippen LogP contribution is 2.51. The van der Waals surface area contributed by atoms with E-state index in [0.29, 0.717) is 5.69 Å². The molecule has 2 atom stereocenters. The summed E-state index contributed by atoms with van der Waals surface area (Å²) in [6.07, 6.45) is 6.48. The first-order valence-electron chi connectivity index (χ1n) is 8.66. The van der Waals surface area contributed by atoms with Gasteiger partial charge in [-0.15, -0.1) is 0 Å². The van der Waals surface area contributed by atoms with Gasteiger partial charge in [0.25, 0.3) is 5.91 Å². The summed E-state index contributed by atoms with van der Waals surface area (Å²) < 4.78 is 5.96. The van der Waals surface area contributed by atoms with E-state index in [9.17, 15) is 4.79 Å². The fourth-order valence-electron chi connectivity index (χ4n) is 4.43. The van der Waals surface area contributed by atoms with Crippen molar-refractivity contribution in [2.24, 2.45) is 0 Å². The third-order valence-electron chi connectivity index (χ3n) is 5.51. The van der Waals surface area contributed by atoms with Gasteiger partial charge >= 0.3 is 0 Å². The topological polar surface area (TPSA) is 76.1 Å². The first-order chi connectivity index (χ1) is 12.3. The van der Waals surface area contributed by atoms with Crippen LogP contribution in [0, 0.1) is 0 Å². The second kappa shape index (κ2) is 6.54. The Kier molecular flexibility index (Phi) is 4.23. The SMILES string of the molecule is CO[C@H]1[C@H](NC(=O)c2cnccn2)c2ccccc2C12CCNCC2. The van der Waals surface area contributed by atoms with Gasteiger partial charge in [0, 0.05) is 24.9 Å². The number of fused-ring (bicyclic) bond motifs is 2. The minimum Gasteiger partial charge on any atom is -0.378 e. The molecule has 25 heavy (non-hydrogen) atoms. The molecule has 0 bridgehead atoms. The largest absolute Gasteiger partial charge is 0.378 e. The summed E-state index contributed by atoms with van der Waals surface area (Å²) >= 11 is 0. The van der Waals surface area contributed by atoms with Gasteiger partial charge in [0.2, 0.25) is 0 Å². The van der Waals surface area contributed by atoms with Crippen LogP contribution in [0.4, 0.5) is 0 Å². The number of hydrogen-bond donors (Lipinski definition) is 2. The number of rotatable bonds is 3. The van der Waals surface area contributed by atoms with Gasteiger partial charge in [-0.3, -0.25) is 9.78 Å². The van der Waals surface area contributed by atoms with Gasteiger partial charge in [0.05, 0.1) is 18.3 Å². The lowest BCUT2D eigenvalue weighted by Crippen LogP contribution is -2.49. The zero-order chi connectivity index (χ0) is 17.3. The molecule has 2 N–H and O–H groups in total. The number of carbonyl (C=O) groups is 1. The Hall–Kier alpha value is -2.31. The lowest BCUT2D eigenvalue weighted by Gasteiger charge is -2.40. The van der Waals surface area contributed by atoms with E-state index in [0.717, 1.165) is 31.5 Å². The molecule has 6 heteroatoms. The third-order valence-corrected chi connectivity index (χ3v) is 5.51. The van der Waals surface area contributed by atoms with Crippen LogP contribution in [0.3, 0.4) is 0 Å². The minimum atomic E-state index is -0.221. The van der Waals surface area contributed by atoms with E-state index in [1.54, 1.807) is 13.3 Å². The number of ether oxygens (including phenoxy) is 1. The molecule has 1 aromatic carbocycles. The molecule has 1 aromatic heterocycles. The van der Waals surface area contributed by atoms with Crippen LogP contribution in [-0.4, -0.2) is 42.2 Å². The van der Waals surface area contributed by atoms with Crippen LogP contribution in [0.1, 0.15) is 40.5 Å². The molecule has 1 amide bonds. The van der Waals surface area contributed by atoms with E-state index < -0.39 is 0 Å². The zero-order valence-electron chi connectivity index (χ0n) is 14.2. The fraction of sp³-hybridized carbons (Fsp3) is 0.421. The average molecular weight is 338 g/mol. The molecule has 2 aromatic rings. The highest BCUT2D eigenvalue weighted by atomic mass is 16.5. The molecule has 1 spiro atoms. The number of methoxy groups -OCH3 is 1. The Bertz CT molecular complexity index is 759. The maximum Gasteiger partial charge on any atom is 0.272 e. The molecule has 4 rings (SSSR count). The molecular formula is C19H22N4O2. The van der Waals surface area contributed by atoms with E-state index in [2.05, 4.69) is 38.8 Å². The van der Waals surface area contributed by atoms with Gasteiger partial charge < -0.3 is 15.4 Å².